The average molecular weight is 361 g/mol. The van der Waals surface area contributed by atoms with Crippen LogP contribution in [0.4, 0.5) is 9.59 Å². The van der Waals surface area contributed by atoms with Crippen molar-refractivity contribution in [2.75, 3.05) is 40.8 Å². The molecule has 0 aromatic heterocycles. The monoisotopic (exact) mass is 360 g/mol. The normalized spacial score (nSPS) is 9.96. The van der Waals surface area contributed by atoms with Crippen LogP contribution in [0.5, 0.6) is 0 Å². The molecule has 0 fully saturated rings. The largest absolute Gasteiger partial charge is 0.534 e. The van der Waals surface area contributed by atoms with Gasteiger partial charge in [0, 0.05) is 40.8 Å². The van der Waals surface area contributed by atoms with Crippen molar-refractivity contribution in [2.24, 2.45) is 0 Å². The molecule has 0 rings (SSSR count). The Bertz CT molecular complexity index is 414. The summed E-state index contributed by atoms with van der Waals surface area (Å²) in [6.45, 7) is 14.8. The number of nitrogens with zero attached hydrogens (tertiary/aromatic N) is 4. The summed E-state index contributed by atoms with van der Waals surface area (Å²) in [5.74, 6) is 0.650. The highest BCUT2D eigenvalue weighted by Crippen LogP contribution is 1.97. The minimum absolute atomic E-state index is 0.0437. The Kier molecular flexibility index (Phi) is 13.6. The fraction of sp³-hybridized carbons (Fsp3) is 0.600. The number of carboxylic acid groups (broad SMARTS) is 1. The molecular formula is C15H32N4O4Si. The Morgan fingerprint density at radius 2 is 1.71 bits per heavy atom. The Balaban J connectivity index is 0. The van der Waals surface area contributed by atoms with Crippen LogP contribution in [0.1, 0.15) is 20.8 Å². The van der Waals surface area contributed by atoms with Crippen molar-refractivity contribution < 1.29 is 19.1 Å². The number of urea groups is 1. The van der Waals surface area contributed by atoms with Crippen molar-refractivity contribution in [3.63, 3.8) is 0 Å². The van der Waals surface area contributed by atoms with Gasteiger partial charge < -0.3 is 19.0 Å². The minimum atomic E-state index is -1.05. The van der Waals surface area contributed by atoms with Crippen molar-refractivity contribution in [2.45, 2.75) is 20.8 Å². The van der Waals surface area contributed by atoms with Crippen LogP contribution in [-0.4, -0.2) is 87.4 Å². The van der Waals surface area contributed by atoms with E-state index >= 15 is 0 Å². The van der Waals surface area contributed by atoms with E-state index < -0.39 is 16.0 Å². The topological polar surface area (TPSA) is 76.6 Å². The molecule has 0 heterocycles. The standard InChI is InChI=1S/C9H18N2O2Si.C6H14N2O2/c1-6-7-11(9(12)10(4)5)14-13-8(2)3;1-4-8(5-2)7(3)6(9)10/h6H,1-2,7,14H2,3-5H3;4-5H2,1-3H3,(H,9,10). The third-order valence-corrected chi connectivity index (χ3v) is 4.36. The highest BCUT2D eigenvalue weighted by molar-refractivity contribution is 6.29. The third-order valence-electron chi connectivity index (χ3n) is 2.90. The molecular weight excluding hydrogens is 328 g/mol. The molecule has 0 aliphatic rings. The molecule has 0 aliphatic heterocycles. The van der Waals surface area contributed by atoms with Crippen molar-refractivity contribution in [3.8, 4) is 0 Å². The quantitative estimate of drug-likeness (QED) is 0.308. The van der Waals surface area contributed by atoms with E-state index in [0.717, 1.165) is 13.1 Å². The summed E-state index contributed by atoms with van der Waals surface area (Å²) in [5, 5.41) is 11.4. The van der Waals surface area contributed by atoms with Crippen LogP contribution in [-0.2, 0) is 4.43 Å². The molecule has 0 aliphatic carbocycles. The average Bonchev–Trinajstić information content (AvgIpc) is 2.52. The maximum Gasteiger partial charge on any atom is 0.421 e. The van der Waals surface area contributed by atoms with E-state index in [1.807, 2.05) is 13.8 Å². The molecule has 0 saturated heterocycles. The molecule has 3 amide bonds. The van der Waals surface area contributed by atoms with E-state index in [1.54, 1.807) is 36.7 Å². The van der Waals surface area contributed by atoms with E-state index in [0.29, 0.717) is 12.3 Å². The van der Waals surface area contributed by atoms with Crippen molar-refractivity contribution >= 4 is 22.0 Å². The van der Waals surface area contributed by atoms with Gasteiger partial charge in [-0.05, 0) is 6.92 Å². The van der Waals surface area contributed by atoms with E-state index in [-0.39, 0.29) is 6.03 Å². The Labute approximate surface area is 147 Å². The van der Waals surface area contributed by atoms with Gasteiger partial charge in [0.25, 0.3) is 0 Å². The van der Waals surface area contributed by atoms with Crippen LogP contribution in [0.25, 0.3) is 0 Å². The maximum atomic E-state index is 11.6. The van der Waals surface area contributed by atoms with Gasteiger partial charge in [0.1, 0.15) is 0 Å². The molecule has 9 heteroatoms. The number of carbonyl (C=O) groups is 2. The zero-order valence-electron chi connectivity index (χ0n) is 15.8. The SMILES string of the molecule is C=CCN([SiH2]OC(=C)C)C(=O)N(C)C.CCN(CC)N(C)C(=O)O. The summed E-state index contributed by atoms with van der Waals surface area (Å²) in [4.78, 5) is 23.4. The fourth-order valence-electron chi connectivity index (χ4n) is 1.58. The van der Waals surface area contributed by atoms with Gasteiger partial charge in [-0.15, -0.1) is 6.58 Å². The lowest BCUT2D eigenvalue weighted by atomic mass is 10.6. The lowest BCUT2D eigenvalue weighted by molar-refractivity contribution is 0.0194. The number of hydrogen-bond acceptors (Lipinski definition) is 4. The number of carbonyl (C=O) groups excluding carboxylic acids is 1. The van der Waals surface area contributed by atoms with Crippen LogP contribution in [0.2, 0.25) is 0 Å². The van der Waals surface area contributed by atoms with Crippen LogP contribution >= 0.6 is 0 Å². The molecule has 0 saturated carbocycles. The molecule has 0 radical (unpaired) electrons. The van der Waals surface area contributed by atoms with Gasteiger partial charge in [0.15, 0.2) is 0 Å². The number of rotatable bonds is 8. The number of hydrogen-bond donors (Lipinski definition) is 1. The predicted octanol–water partition coefficient (Wildman–Crippen LogP) is 1.56. The molecule has 1 N–H and O–H groups in total. The van der Waals surface area contributed by atoms with Crippen LogP contribution in [0.3, 0.4) is 0 Å². The smallest absolute Gasteiger partial charge is 0.421 e. The summed E-state index contributed by atoms with van der Waals surface area (Å²) in [6.07, 6.45) is 0.777. The summed E-state index contributed by atoms with van der Waals surface area (Å²) >= 11 is 0. The summed E-state index contributed by atoms with van der Waals surface area (Å²) in [5.41, 5.74) is 0. The highest BCUT2D eigenvalue weighted by Gasteiger charge is 2.14. The Morgan fingerprint density at radius 1 is 1.21 bits per heavy atom. The molecule has 0 atom stereocenters. The Morgan fingerprint density at radius 3 is 1.96 bits per heavy atom. The van der Waals surface area contributed by atoms with Crippen molar-refractivity contribution in [1.29, 1.82) is 0 Å². The van der Waals surface area contributed by atoms with Gasteiger partial charge in [0.05, 0.1) is 5.76 Å². The minimum Gasteiger partial charge on any atom is -0.534 e. The second-order valence-corrected chi connectivity index (χ2v) is 6.42. The van der Waals surface area contributed by atoms with E-state index in [1.165, 1.54) is 17.0 Å². The highest BCUT2D eigenvalue weighted by atomic mass is 28.2. The van der Waals surface area contributed by atoms with Crippen LogP contribution < -0.4 is 0 Å². The van der Waals surface area contributed by atoms with E-state index in [4.69, 9.17) is 9.53 Å². The van der Waals surface area contributed by atoms with Gasteiger partial charge in [-0.3, -0.25) is 0 Å². The first-order valence-electron chi connectivity index (χ1n) is 7.69. The van der Waals surface area contributed by atoms with Crippen LogP contribution in [0.15, 0.2) is 25.0 Å². The second-order valence-electron chi connectivity index (χ2n) is 5.11. The fourth-order valence-corrected chi connectivity index (χ4v) is 2.64. The molecule has 0 bridgehead atoms. The lowest BCUT2D eigenvalue weighted by Crippen LogP contribution is -2.42. The number of allylic oxidation sites excluding steroid dienone is 1. The van der Waals surface area contributed by atoms with Gasteiger partial charge in [-0.1, -0.05) is 26.5 Å². The first-order chi connectivity index (χ1) is 11.1. The maximum absolute atomic E-state index is 11.6. The van der Waals surface area contributed by atoms with E-state index in [9.17, 15) is 9.59 Å². The van der Waals surface area contributed by atoms with Gasteiger partial charge >= 0.3 is 22.0 Å². The van der Waals surface area contributed by atoms with E-state index in [2.05, 4.69) is 13.2 Å². The summed E-state index contributed by atoms with van der Waals surface area (Å²) in [6, 6.07) is -0.0437. The number of amides is 3. The molecule has 0 unspecified atom stereocenters. The molecule has 0 spiro atoms. The van der Waals surface area contributed by atoms with Gasteiger partial charge in [-0.25, -0.2) is 19.6 Å². The molecule has 140 valence electrons. The molecule has 24 heavy (non-hydrogen) atoms. The second kappa shape index (κ2) is 13.4. The van der Waals surface area contributed by atoms with Gasteiger partial charge in [0.2, 0.25) is 0 Å². The zero-order valence-corrected chi connectivity index (χ0v) is 17.2. The zero-order chi connectivity index (χ0) is 19.3. The number of hydrazine groups is 1. The first-order valence-corrected chi connectivity index (χ1v) is 8.90. The summed E-state index contributed by atoms with van der Waals surface area (Å²) in [7, 11) is 3.92. The molecule has 0 aromatic rings. The van der Waals surface area contributed by atoms with Gasteiger partial charge in [-0.2, -0.15) is 0 Å². The third kappa shape index (κ3) is 10.7. The van der Waals surface area contributed by atoms with Crippen molar-refractivity contribution in [3.05, 3.63) is 25.0 Å². The predicted molar refractivity (Wildman–Crippen MR) is 99.1 cm³/mol. The summed E-state index contributed by atoms with van der Waals surface area (Å²) < 4.78 is 6.97. The van der Waals surface area contributed by atoms with Crippen molar-refractivity contribution in [1.82, 2.24) is 19.5 Å². The van der Waals surface area contributed by atoms with Crippen LogP contribution in [0, 0.1) is 0 Å². The lowest BCUT2D eigenvalue weighted by Gasteiger charge is -2.26. The molecule has 8 nitrogen and oxygen atoms in total. The Hall–Kier alpha value is -2.00. The molecule has 0 aromatic carbocycles. The first kappa shape index (κ1) is 24.3.